The molecule has 88 valence electrons. The van der Waals surface area contributed by atoms with Gasteiger partial charge in [-0.15, -0.1) is 0 Å². The van der Waals surface area contributed by atoms with Crippen molar-refractivity contribution in [3.63, 3.8) is 0 Å². The molecular weight excluding hydrogens is 202 g/mol. The van der Waals surface area contributed by atoms with Crippen LogP contribution in [0.2, 0.25) is 0 Å². The summed E-state index contributed by atoms with van der Waals surface area (Å²) in [5.74, 6) is -0.935. The van der Waals surface area contributed by atoms with E-state index in [1.54, 1.807) is 0 Å². The van der Waals surface area contributed by atoms with Gasteiger partial charge in [0.25, 0.3) is 0 Å². The Kier molecular flexibility index (Phi) is 5.43. The summed E-state index contributed by atoms with van der Waals surface area (Å²) in [6, 6.07) is 0. The van der Waals surface area contributed by atoms with Gasteiger partial charge < -0.3 is 5.11 Å². The van der Waals surface area contributed by atoms with Crippen molar-refractivity contribution in [1.82, 2.24) is 4.98 Å². The van der Waals surface area contributed by atoms with Crippen molar-refractivity contribution in [2.24, 2.45) is 0 Å². The van der Waals surface area contributed by atoms with Crippen LogP contribution in [0.3, 0.4) is 0 Å². The summed E-state index contributed by atoms with van der Waals surface area (Å²) in [7, 11) is 0. The summed E-state index contributed by atoms with van der Waals surface area (Å²) in [5, 5.41) is 7.89. The maximum Gasteiger partial charge on any atom is 0.330 e. The van der Waals surface area contributed by atoms with E-state index in [1.807, 2.05) is 13.1 Å². The van der Waals surface area contributed by atoms with E-state index in [-0.39, 0.29) is 5.57 Å². The molecule has 0 atom stereocenters. The van der Waals surface area contributed by atoms with E-state index in [0.717, 1.165) is 5.69 Å². The van der Waals surface area contributed by atoms with E-state index >= 15 is 0 Å². The molecule has 1 aromatic heterocycles. The molecule has 1 rings (SSSR count). The van der Waals surface area contributed by atoms with Crippen molar-refractivity contribution in [1.29, 1.82) is 0 Å². The second-order valence-corrected chi connectivity index (χ2v) is 3.86. The van der Waals surface area contributed by atoms with Crippen LogP contribution in [-0.2, 0) is 4.79 Å². The first kappa shape index (κ1) is 14.4. The Labute approximate surface area is 96.8 Å². The first-order chi connectivity index (χ1) is 7.27. The summed E-state index contributed by atoms with van der Waals surface area (Å²) >= 11 is 0. The summed E-state index contributed by atoms with van der Waals surface area (Å²) in [6.07, 6.45) is 1.93. The quantitative estimate of drug-likeness (QED) is 0.742. The summed E-state index contributed by atoms with van der Waals surface area (Å²) < 4.78 is 0. The minimum absolute atomic E-state index is 0.176. The SMILES string of the molecule is C=C(C)C(=O)O.Cc1cnc(C)c(C)c1C. The van der Waals surface area contributed by atoms with Gasteiger partial charge in [0.2, 0.25) is 0 Å². The van der Waals surface area contributed by atoms with Crippen molar-refractivity contribution in [3.05, 3.63) is 40.7 Å². The standard InChI is InChI=1S/C9H13N.C4H6O2/c1-6-5-10-9(4)8(3)7(6)2;1-3(2)4(5)6/h5H,1-4H3;1H2,2H3,(H,5,6). The molecule has 0 fully saturated rings. The molecule has 3 nitrogen and oxygen atoms in total. The minimum atomic E-state index is -0.935. The molecule has 0 radical (unpaired) electrons. The third kappa shape index (κ3) is 4.26. The van der Waals surface area contributed by atoms with Crippen LogP contribution in [0.1, 0.15) is 29.3 Å². The van der Waals surface area contributed by atoms with Crippen LogP contribution in [-0.4, -0.2) is 16.1 Å². The van der Waals surface area contributed by atoms with E-state index in [4.69, 9.17) is 5.11 Å². The Bertz CT molecular complexity index is 370. The largest absolute Gasteiger partial charge is 0.478 e. The maximum absolute atomic E-state index is 9.60. The normalized spacial score (nSPS) is 9.06. The summed E-state index contributed by atoms with van der Waals surface area (Å²) in [6.45, 7) is 13.0. The molecule has 16 heavy (non-hydrogen) atoms. The molecule has 0 saturated heterocycles. The van der Waals surface area contributed by atoms with E-state index < -0.39 is 5.97 Å². The van der Waals surface area contributed by atoms with E-state index in [2.05, 4.69) is 32.3 Å². The fraction of sp³-hybridized carbons (Fsp3) is 0.385. The lowest BCUT2D eigenvalue weighted by Crippen LogP contribution is -1.92. The Morgan fingerprint density at radius 3 is 2.00 bits per heavy atom. The minimum Gasteiger partial charge on any atom is -0.478 e. The average molecular weight is 221 g/mol. The first-order valence-corrected chi connectivity index (χ1v) is 5.05. The van der Waals surface area contributed by atoms with Gasteiger partial charge in [-0.3, -0.25) is 4.98 Å². The van der Waals surface area contributed by atoms with Crippen LogP contribution in [0.5, 0.6) is 0 Å². The highest BCUT2D eigenvalue weighted by Crippen LogP contribution is 2.12. The van der Waals surface area contributed by atoms with Gasteiger partial charge in [-0.05, 0) is 51.3 Å². The third-order valence-electron chi connectivity index (χ3n) is 2.51. The fourth-order valence-corrected chi connectivity index (χ4v) is 0.954. The Balaban J connectivity index is 0.000000325. The molecule has 0 aliphatic rings. The van der Waals surface area contributed by atoms with E-state index in [9.17, 15) is 4.79 Å². The van der Waals surface area contributed by atoms with Crippen LogP contribution < -0.4 is 0 Å². The maximum atomic E-state index is 9.60. The van der Waals surface area contributed by atoms with Gasteiger partial charge in [0.15, 0.2) is 0 Å². The topological polar surface area (TPSA) is 50.2 Å². The molecule has 0 bridgehead atoms. The molecule has 3 heteroatoms. The Morgan fingerprint density at radius 1 is 1.25 bits per heavy atom. The van der Waals surface area contributed by atoms with Crippen LogP contribution in [0.25, 0.3) is 0 Å². The predicted octanol–water partition coefficient (Wildman–Crippen LogP) is 2.96. The highest BCUT2D eigenvalue weighted by molar-refractivity contribution is 5.84. The molecule has 0 aliphatic carbocycles. The zero-order valence-electron chi connectivity index (χ0n) is 10.6. The molecule has 0 unspecified atom stereocenters. The molecular formula is C13H19NO2. The van der Waals surface area contributed by atoms with Gasteiger partial charge in [0.05, 0.1) is 0 Å². The molecule has 1 aromatic rings. The highest BCUT2D eigenvalue weighted by atomic mass is 16.4. The zero-order valence-corrected chi connectivity index (χ0v) is 10.6. The van der Waals surface area contributed by atoms with E-state index in [0.29, 0.717) is 0 Å². The summed E-state index contributed by atoms with van der Waals surface area (Å²) in [5.41, 5.74) is 5.29. The third-order valence-corrected chi connectivity index (χ3v) is 2.51. The van der Waals surface area contributed by atoms with Crippen LogP contribution in [0.4, 0.5) is 0 Å². The number of nitrogens with zero attached hydrogens (tertiary/aromatic N) is 1. The van der Waals surface area contributed by atoms with Gasteiger partial charge in [-0.25, -0.2) is 4.79 Å². The van der Waals surface area contributed by atoms with Crippen LogP contribution in [0.15, 0.2) is 18.3 Å². The lowest BCUT2D eigenvalue weighted by molar-refractivity contribution is -0.132. The Morgan fingerprint density at radius 2 is 1.69 bits per heavy atom. The monoisotopic (exact) mass is 221 g/mol. The highest BCUT2D eigenvalue weighted by Gasteiger charge is 1.99. The van der Waals surface area contributed by atoms with Gasteiger partial charge in [-0.1, -0.05) is 6.58 Å². The molecule has 0 saturated carbocycles. The number of aryl methyl sites for hydroxylation is 2. The predicted molar refractivity (Wildman–Crippen MR) is 65.6 cm³/mol. The van der Waals surface area contributed by atoms with Gasteiger partial charge in [0, 0.05) is 17.5 Å². The molecule has 0 aromatic carbocycles. The van der Waals surface area contributed by atoms with Crippen molar-refractivity contribution in [2.45, 2.75) is 34.6 Å². The zero-order chi connectivity index (χ0) is 12.9. The smallest absolute Gasteiger partial charge is 0.330 e. The number of pyridine rings is 1. The van der Waals surface area contributed by atoms with Crippen molar-refractivity contribution >= 4 is 5.97 Å². The van der Waals surface area contributed by atoms with Crippen LogP contribution >= 0.6 is 0 Å². The number of rotatable bonds is 1. The van der Waals surface area contributed by atoms with Crippen molar-refractivity contribution < 1.29 is 9.90 Å². The first-order valence-electron chi connectivity index (χ1n) is 5.05. The van der Waals surface area contributed by atoms with E-state index in [1.165, 1.54) is 23.6 Å². The van der Waals surface area contributed by atoms with Gasteiger partial charge in [-0.2, -0.15) is 0 Å². The number of hydrogen-bond donors (Lipinski definition) is 1. The molecule has 0 amide bonds. The van der Waals surface area contributed by atoms with Gasteiger partial charge >= 0.3 is 5.97 Å². The summed E-state index contributed by atoms with van der Waals surface area (Å²) in [4.78, 5) is 13.8. The number of carboxylic acid groups (broad SMARTS) is 1. The molecule has 0 spiro atoms. The lowest BCUT2D eigenvalue weighted by Gasteiger charge is -2.05. The van der Waals surface area contributed by atoms with Crippen LogP contribution in [0, 0.1) is 27.7 Å². The number of carbonyl (C=O) groups is 1. The van der Waals surface area contributed by atoms with Crippen molar-refractivity contribution in [2.75, 3.05) is 0 Å². The lowest BCUT2D eigenvalue weighted by atomic mass is 10.1. The number of hydrogen-bond acceptors (Lipinski definition) is 2. The number of carboxylic acids is 1. The molecule has 0 aliphatic heterocycles. The molecule has 1 heterocycles. The van der Waals surface area contributed by atoms with Crippen molar-refractivity contribution in [3.8, 4) is 0 Å². The molecule has 1 N–H and O–H groups in total. The number of aromatic nitrogens is 1. The Hall–Kier alpha value is -1.64. The second kappa shape index (κ2) is 6.05. The second-order valence-electron chi connectivity index (χ2n) is 3.86. The number of aliphatic carboxylic acids is 1. The average Bonchev–Trinajstić information content (AvgIpc) is 2.21. The fourth-order valence-electron chi connectivity index (χ4n) is 0.954. The van der Waals surface area contributed by atoms with Gasteiger partial charge in [0.1, 0.15) is 0 Å².